The Morgan fingerprint density at radius 2 is 1.90 bits per heavy atom. The van der Waals surface area contributed by atoms with Gasteiger partial charge in [-0.25, -0.2) is 4.79 Å². The number of hydrogen-bond donors (Lipinski definition) is 1. The monoisotopic (exact) mass is 298 g/mol. The SMILES string of the molecule is CC(C)C1CCCCC1NCCN(C)C(=O)OC(C)(C)C. The van der Waals surface area contributed by atoms with Gasteiger partial charge in [0.25, 0.3) is 0 Å². The smallest absolute Gasteiger partial charge is 0.410 e. The van der Waals surface area contributed by atoms with Gasteiger partial charge in [0.15, 0.2) is 0 Å². The Labute approximate surface area is 130 Å². The molecule has 1 aliphatic carbocycles. The maximum absolute atomic E-state index is 11.9. The number of carbonyl (C=O) groups is 1. The van der Waals surface area contributed by atoms with Crippen LogP contribution < -0.4 is 5.32 Å². The molecule has 0 aromatic heterocycles. The molecule has 0 radical (unpaired) electrons. The van der Waals surface area contributed by atoms with E-state index in [0.717, 1.165) is 18.4 Å². The highest BCUT2D eigenvalue weighted by Crippen LogP contribution is 2.30. The van der Waals surface area contributed by atoms with Crippen molar-refractivity contribution in [1.29, 1.82) is 0 Å². The van der Waals surface area contributed by atoms with Crippen LogP contribution in [0.2, 0.25) is 0 Å². The van der Waals surface area contributed by atoms with Gasteiger partial charge in [-0.3, -0.25) is 0 Å². The van der Waals surface area contributed by atoms with Crippen LogP contribution in [0.15, 0.2) is 0 Å². The molecule has 4 heteroatoms. The lowest BCUT2D eigenvalue weighted by atomic mass is 9.78. The summed E-state index contributed by atoms with van der Waals surface area (Å²) in [6.45, 7) is 11.8. The summed E-state index contributed by atoms with van der Waals surface area (Å²) in [6, 6.07) is 0.603. The summed E-state index contributed by atoms with van der Waals surface area (Å²) < 4.78 is 5.36. The molecule has 2 unspecified atom stereocenters. The van der Waals surface area contributed by atoms with Crippen LogP contribution in [-0.2, 0) is 4.74 Å². The van der Waals surface area contributed by atoms with E-state index in [2.05, 4.69) is 19.2 Å². The van der Waals surface area contributed by atoms with E-state index in [4.69, 9.17) is 4.74 Å². The van der Waals surface area contributed by atoms with E-state index in [1.165, 1.54) is 25.7 Å². The topological polar surface area (TPSA) is 41.6 Å². The summed E-state index contributed by atoms with van der Waals surface area (Å²) in [5.41, 5.74) is -0.426. The second-order valence-electron chi connectivity index (χ2n) is 7.65. The van der Waals surface area contributed by atoms with E-state index in [1.807, 2.05) is 20.8 Å². The average molecular weight is 298 g/mol. The molecule has 0 aromatic carbocycles. The molecule has 0 spiro atoms. The minimum atomic E-state index is -0.426. The minimum absolute atomic E-state index is 0.242. The molecule has 1 N–H and O–H groups in total. The molecule has 0 aliphatic heterocycles. The summed E-state index contributed by atoms with van der Waals surface area (Å²) >= 11 is 0. The molecule has 21 heavy (non-hydrogen) atoms. The number of likely N-dealkylation sites (N-methyl/N-ethyl adjacent to an activating group) is 1. The van der Waals surface area contributed by atoms with Crippen LogP contribution in [0.4, 0.5) is 4.79 Å². The van der Waals surface area contributed by atoms with Crippen molar-refractivity contribution in [1.82, 2.24) is 10.2 Å². The van der Waals surface area contributed by atoms with Crippen molar-refractivity contribution in [2.75, 3.05) is 20.1 Å². The van der Waals surface area contributed by atoms with Gasteiger partial charge in [0.1, 0.15) is 5.60 Å². The summed E-state index contributed by atoms with van der Waals surface area (Å²) in [7, 11) is 1.80. The van der Waals surface area contributed by atoms with Crippen molar-refractivity contribution in [3.8, 4) is 0 Å². The Balaban J connectivity index is 2.33. The zero-order chi connectivity index (χ0) is 16.0. The van der Waals surface area contributed by atoms with Crippen LogP contribution in [0, 0.1) is 11.8 Å². The van der Waals surface area contributed by atoms with E-state index >= 15 is 0 Å². The molecule has 1 aliphatic rings. The van der Waals surface area contributed by atoms with Gasteiger partial charge in [0, 0.05) is 26.2 Å². The first-order valence-electron chi connectivity index (χ1n) is 8.38. The van der Waals surface area contributed by atoms with E-state index < -0.39 is 5.60 Å². The maximum atomic E-state index is 11.9. The van der Waals surface area contributed by atoms with Crippen molar-refractivity contribution in [2.24, 2.45) is 11.8 Å². The first-order chi connectivity index (χ1) is 9.70. The molecule has 1 saturated carbocycles. The Morgan fingerprint density at radius 3 is 2.48 bits per heavy atom. The van der Waals surface area contributed by atoms with Crippen molar-refractivity contribution in [3.63, 3.8) is 0 Å². The van der Waals surface area contributed by atoms with Crippen LogP contribution in [0.25, 0.3) is 0 Å². The largest absolute Gasteiger partial charge is 0.444 e. The number of ether oxygens (including phenoxy) is 1. The minimum Gasteiger partial charge on any atom is -0.444 e. The summed E-state index contributed by atoms with van der Waals surface area (Å²) in [6.07, 6.45) is 5.03. The van der Waals surface area contributed by atoms with E-state index in [1.54, 1.807) is 11.9 Å². The Morgan fingerprint density at radius 1 is 1.29 bits per heavy atom. The van der Waals surface area contributed by atoms with Crippen molar-refractivity contribution < 1.29 is 9.53 Å². The third kappa shape index (κ3) is 6.68. The number of carbonyl (C=O) groups excluding carboxylic acids is 1. The number of rotatable bonds is 5. The molecule has 0 aromatic rings. The van der Waals surface area contributed by atoms with Crippen LogP contribution in [0.1, 0.15) is 60.3 Å². The molecule has 124 valence electrons. The Kier molecular flexibility index (Phi) is 6.98. The summed E-state index contributed by atoms with van der Waals surface area (Å²) in [4.78, 5) is 13.5. The lowest BCUT2D eigenvalue weighted by molar-refractivity contribution is 0.0297. The lowest BCUT2D eigenvalue weighted by Crippen LogP contribution is -2.45. The van der Waals surface area contributed by atoms with Crippen LogP contribution in [0.3, 0.4) is 0 Å². The summed E-state index contributed by atoms with van der Waals surface area (Å²) in [5.74, 6) is 1.50. The number of nitrogens with zero attached hydrogens (tertiary/aromatic N) is 1. The molecule has 0 saturated heterocycles. The quantitative estimate of drug-likeness (QED) is 0.842. The highest BCUT2D eigenvalue weighted by Gasteiger charge is 2.27. The summed E-state index contributed by atoms with van der Waals surface area (Å²) in [5, 5.41) is 3.65. The molecule has 0 heterocycles. The van der Waals surface area contributed by atoms with Crippen molar-refractivity contribution in [3.05, 3.63) is 0 Å². The predicted molar refractivity (Wildman–Crippen MR) is 87.5 cm³/mol. The first kappa shape index (κ1) is 18.3. The third-order valence-electron chi connectivity index (χ3n) is 4.23. The van der Waals surface area contributed by atoms with Gasteiger partial charge in [-0.1, -0.05) is 26.7 Å². The molecule has 0 bridgehead atoms. The van der Waals surface area contributed by atoms with Crippen molar-refractivity contribution in [2.45, 2.75) is 71.9 Å². The van der Waals surface area contributed by atoms with Gasteiger partial charge in [0.2, 0.25) is 0 Å². The number of amides is 1. The van der Waals surface area contributed by atoms with Crippen LogP contribution >= 0.6 is 0 Å². The van der Waals surface area contributed by atoms with Gasteiger partial charge in [-0.05, 0) is 45.4 Å². The zero-order valence-corrected chi connectivity index (χ0v) is 14.7. The van der Waals surface area contributed by atoms with Crippen LogP contribution in [-0.4, -0.2) is 42.8 Å². The van der Waals surface area contributed by atoms with Gasteiger partial charge in [0.05, 0.1) is 0 Å². The average Bonchev–Trinajstić information content (AvgIpc) is 2.36. The van der Waals surface area contributed by atoms with Crippen LogP contribution in [0.5, 0.6) is 0 Å². The second-order valence-corrected chi connectivity index (χ2v) is 7.65. The first-order valence-corrected chi connectivity index (χ1v) is 8.38. The maximum Gasteiger partial charge on any atom is 0.410 e. The van der Waals surface area contributed by atoms with Gasteiger partial charge >= 0.3 is 6.09 Å². The fourth-order valence-corrected chi connectivity index (χ4v) is 3.06. The molecule has 1 amide bonds. The zero-order valence-electron chi connectivity index (χ0n) is 14.7. The molecule has 1 fully saturated rings. The predicted octanol–water partition coefficient (Wildman–Crippen LogP) is 3.66. The normalized spacial score (nSPS) is 23.2. The molecule has 4 nitrogen and oxygen atoms in total. The number of nitrogens with one attached hydrogen (secondary N) is 1. The standard InChI is InChI=1S/C17H34N2O2/c1-13(2)14-9-7-8-10-15(14)18-11-12-19(6)16(20)21-17(3,4)5/h13-15,18H,7-12H2,1-6H3. The fourth-order valence-electron chi connectivity index (χ4n) is 3.06. The third-order valence-corrected chi connectivity index (χ3v) is 4.23. The molecular weight excluding hydrogens is 264 g/mol. The number of hydrogen-bond acceptors (Lipinski definition) is 3. The molecular formula is C17H34N2O2. The van der Waals surface area contributed by atoms with E-state index in [-0.39, 0.29) is 6.09 Å². The molecule has 1 rings (SSSR count). The van der Waals surface area contributed by atoms with Gasteiger partial charge in [-0.15, -0.1) is 0 Å². The van der Waals surface area contributed by atoms with E-state index in [0.29, 0.717) is 12.6 Å². The van der Waals surface area contributed by atoms with E-state index in [9.17, 15) is 4.79 Å². The van der Waals surface area contributed by atoms with Gasteiger partial charge in [-0.2, -0.15) is 0 Å². The highest BCUT2D eigenvalue weighted by atomic mass is 16.6. The Bertz CT molecular complexity index is 323. The second kappa shape index (κ2) is 8.02. The lowest BCUT2D eigenvalue weighted by Gasteiger charge is -2.35. The van der Waals surface area contributed by atoms with Crippen molar-refractivity contribution >= 4 is 6.09 Å². The highest BCUT2D eigenvalue weighted by molar-refractivity contribution is 5.67. The Hall–Kier alpha value is -0.770. The fraction of sp³-hybridized carbons (Fsp3) is 0.941. The van der Waals surface area contributed by atoms with Gasteiger partial charge < -0.3 is 15.0 Å². The molecule has 2 atom stereocenters.